The van der Waals surface area contributed by atoms with Crippen LogP contribution in [0.2, 0.25) is 0 Å². The molecule has 3 heteroatoms. The van der Waals surface area contributed by atoms with Gasteiger partial charge in [0.05, 0.1) is 20.3 Å². The first-order chi connectivity index (χ1) is 7.58. The Balaban J connectivity index is 3.02. The van der Waals surface area contributed by atoms with Crippen LogP contribution < -0.4 is 9.47 Å². The zero-order valence-electron chi connectivity index (χ0n) is 10.4. The second-order valence-corrected chi connectivity index (χ2v) is 4.04. The highest BCUT2D eigenvalue weighted by Gasteiger charge is 2.12. The summed E-state index contributed by atoms with van der Waals surface area (Å²) in [4.78, 5) is 0. The minimum atomic E-state index is -0.310. The summed E-state index contributed by atoms with van der Waals surface area (Å²) in [6, 6.07) is 3.97. The van der Waals surface area contributed by atoms with Crippen LogP contribution in [0.15, 0.2) is 12.1 Å². The van der Waals surface area contributed by atoms with Gasteiger partial charge in [-0.3, -0.25) is 0 Å². The number of aryl methyl sites for hydroxylation is 1. The van der Waals surface area contributed by atoms with Crippen LogP contribution in [0.4, 0.5) is 0 Å². The van der Waals surface area contributed by atoms with Gasteiger partial charge in [-0.05, 0) is 44.4 Å². The molecule has 0 saturated carbocycles. The molecule has 0 bridgehead atoms. The fourth-order valence-electron chi connectivity index (χ4n) is 1.71. The van der Waals surface area contributed by atoms with E-state index in [-0.39, 0.29) is 6.10 Å². The molecule has 0 aromatic heterocycles. The van der Waals surface area contributed by atoms with Crippen molar-refractivity contribution in [2.75, 3.05) is 14.2 Å². The third kappa shape index (κ3) is 3.14. The third-order valence-corrected chi connectivity index (χ3v) is 2.56. The molecule has 90 valence electrons. The standard InChI is InChI=1S/C13H20O3/c1-9-7-12(15-3)11(6-5-10(2)14)13(8-9)16-4/h7-8,10,14H,5-6H2,1-4H3. The molecule has 1 aromatic carbocycles. The monoisotopic (exact) mass is 224 g/mol. The van der Waals surface area contributed by atoms with E-state index < -0.39 is 0 Å². The molecule has 1 aromatic rings. The Kier molecular flexibility index (Phi) is 4.62. The molecule has 1 atom stereocenters. The maximum Gasteiger partial charge on any atom is 0.126 e. The average molecular weight is 224 g/mol. The minimum absolute atomic E-state index is 0.310. The molecule has 3 nitrogen and oxygen atoms in total. The summed E-state index contributed by atoms with van der Waals surface area (Å²) in [6.07, 6.45) is 1.15. The molecule has 0 saturated heterocycles. The van der Waals surface area contributed by atoms with Gasteiger partial charge in [0.15, 0.2) is 0 Å². The van der Waals surface area contributed by atoms with E-state index in [1.54, 1.807) is 21.1 Å². The van der Waals surface area contributed by atoms with Crippen molar-refractivity contribution in [1.82, 2.24) is 0 Å². The Labute approximate surface area is 97.0 Å². The molecule has 16 heavy (non-hydrogen) atoms. The number of methoxy groups -OCH3 is 2. The summed E-state index contributed by atoms with van der Waals surface area (Å²) in [7, 11) is 3.31. The van der Waals surface area contributed by atoms with Crippen molar-refractivity contribution in [3.05, 3.63) is 23.3 Å². The highest BCUT2D eigenvalue weighted by atomic mass is 16.5. The van der Waals surface area contributed by atoms with E-state index in [4.69, 9.17) is 9.47 Å². The second-order valence-electron chi connectivity index (χ2n) is 4.04. The lowest BCUT2D eigenvalue weighted by atomic mass is 10.0. The summed E-state index contributed by atoms with van der Waals surface area (Å²) >= 11 is 0. The fourth-order valence-corrected chi connectivity index (χ4v) is 1.71. The quantitative estimate of drug-likeness (QED) is 0.834. The first-order valence-corrected chi connectivity index (χ1v) is 5.48. The van der Waals surface area contributed by atoms with Crippen molar-refractivity contribution in [3.8, 4) is 11.5 Å². The van der Waals surface area contributed by atoms with Gasteiger partial charge < -0.3 is 14.6 Å². The predicted octanol–water partition coefficient (Wildman–Crippen LogP) is 2.33. The van der Waals surface area contributed by atoms with E-state index in [1.807, 2.05) is 19.1 Å². The van der Waals surface area contributed by atoms with Crippen molar-refractivity contribution in [1.29, 1.82) is 0 Å². The lowest BCUT2D eigenvalue weighted by molar-refractivity contribution is 0.184. The topological polar surface area (TPSA) is 38.7 Å². The van der Waals surface area contributed by atoms with Gasteiger partial charge in [-0.25, -0.2) is 0 Å². The molecular weight excluding hydrogens is 204 g/mol. The molecule has 0 aliphatic heterocycles. The normalized spacial score (nSPS) is 12.3. The van der Waals surface area contributed by atoms with Crippen LogP contribution in [0.5, 0.6) is 11.5 Å². The van der Waals surface area contributed by atoms with E-state index in [0.717, 1.165) is 29.0 Å². The Hall–Kier alpha value is -1.22. The summed E-state index contributed by atoms with van der Waals surface area (Å²) in [6.45, 7) is 3.79. The van der Waals surface area contributed by atoms with Crippen LogP contribution >= 0.6 is 0 Å². The van der Waals surface area contributed by atoms with E-state index in [1.165, 1.54) is 0 Å². The van der Waals surface area contributed by atoms with Crippen molar-refractivity contribution in [2.24, 2.45) is 0 Å². The van der Waals surface area contributed by atoms with E-state index in [0.29, 0.717) is 6.42 Å². The number of aliphatic hydroxyl groups is 1. The Morgan fingerprint density at radius 3 is 2.06 bits per heavy atom. The van der Waals surface area contributed by atoms with Crippen LogP contribution in [-0.2, 0) is 6.42 Å². The summed E-state index contributed by atoms with van der Waals surface area (Å²) in [5.41, 5.74) is 2.13. The highest BCUT2D eigenvalue weighted by Crippen LogP contribution is 2.31. The van der Waals surface area contributed by atoms with E-state index in [2.05, 4.69) is 0 Å². The summed E-state index contributed by atoms with van der Waals surface area (Å²) in [5.74, 6) is 1.66. The zero-order chi connectivity index (χ0) is 12.1. The SMILES string of the molecule is COc1cc(C)cc(OC)c1CCC(C)O. The second kappa shape index (κ2) is 5.75. The first kappa shape index (κ1) is 12.8. The number of hydrogen-bond donors (Lipinski definition) is 1. The molecule has 0 heterocycles. The molecular formula is C13H20O3. The van der Waals surface area contributed by atoms with Gasteiger partial charge >= 0.3 is 0 Å². The molecule has 1 rings (SSSR count). The van der Waals surface area contributed by atoms with Gasteiger partial charge in [-0.15, -0.1) is 0 Å². The van der Waals surface area contributed by atoms with Crippen LogP contribution in [0.25, 0.3) is 0 Å². The van der Waals surface area contributed by atoms with Crippen LogP contribution in [0.1, 0.15) is 24.5 Å². The molecule has 0 aliphatic rings. The smallest absolute Gasteiger partial charge is 0.126 e. The van der Waals surface area contributed by atoms with Crippen molar-refractivity contribution < 1.29 is 14.6 Å². The zero-order valence-corrected chi connectivity index (χ0v) is 10.4. The Bertz CT molecular complexity index is 320. The summed E-state index contributed by atoms with van der Waals surface area (Å²) < 4.78 is 10.7. The van der Waals surface area contributed by atoms with Gasteiger partial charge in [-0.2, -0.15) is 0 Å². The maximum atomic E-state index is 9.31. The predicted molar refractivity (Wildman–Crippen MR) is 64.3 cm³/mol. The Morgan fingerprint density at radius 2 is 1.69 bits per heavy atom. The molecule has 0 fully saturated rings. The van der Waals surface area contributed by atoms with E-state index in [9.17, 15) is 5.11 Å². The number of hydrogen-bond acceptors (Lipinski definition) is 3. The molecule has 0 spiro atoms. The summed E-state index contributed by atoms with van der Waals surface area (Å²) in [5, 5.41) is 9.31. The third-order valence-electron chi connectivity index (χ3n) is 2.56. The van der Waals surface area contributed by atoms with E-state index >= 15 is 0 Å². The van der Waals surface area contributed by atoms with Crippen LogP contribution in [0, 0.1) is 6.92 Å². The average Bonchev–Trinajstić information content (AvgIpc) is 2.25. The van der Waals surface area contributed by atoms with Gasteiger partial charge in [0.25, 0.3) is 0 Å². The molecule has 0 radical (unpaired) electrons. The Morgan fingerprint density at radius 1 is 1.19 bits per heavy atom. The largest absolute Gasteiger partial charge is 0.496 e. The number of aliphatic hydroxyl groups excluding tert-OH is 1. The molecule has 0 amide bonds. The van der Waals surface area contributed by atoms with Crippen molar-refractivity contribution in [2.45, 2.75) is 32.8 Å². The molecule has 1 N–H and O–H groups in total. The molecule has 0 aliphatic carbocycles. The first-order valence-electron chi connectivity index (χ1n) is 5.48. The van der Waals surface area contributed by atoms with Crippen LogP contribution in [0.3, 0.4) is 0 Å². The number of benzene rings is 1. The number of ether oxygens (including phenoxy) is 2. The van der Waals surface area contributed by atoms with Crippen LogP contribution in [-0.4, -0.2) is 25.4 Å². The lowest BCUT2D eigenvalue weighted by Crippen LogP contribution is -2.04. The van der Waals surface area contributed by atoms with Gasteiger partial charge in [0, 0.05) is 5.56 Å². The number of rotatable bonds is 5. The van der Waals surface area contributed by atoms with Crippen molar-refractivity contribution >= 4 is 0 Å². The van der Waals surface area contributed by atoms with Gasteiger partial charge in [-0.1, -0.05) is 0 Å². The molecule has 1 unspecified atom stereocenters. The van der Waals surface area contributed by atoms with Crippen molar-refractivity contribution in [3.63, 3.8) is 0 Å². The van der Waals surface area contributed by atoms with Gasteiger partial charge in [0.1, 0.15) is 11.5 Å². The van der Waals surface area contributed by atoms with Gasteiger partial charge in [0.2, 0.25) is 0 Å². The highest BCUT2D eigenvalue weighted by molar-refractivity contribution is 5.47. The maximum absolute atomic E-state index is 9.31. The fraction of sp³-hybridized carbons (Fsp3) is 0.538. The minimum Gasteiger partial charge on any atom is -0.496 e. The lowest BCUT2D eigenvalue weighted by Gasteiger charge is -2.15.